The number of para-hydroxylation sites is 1. The first kappa shape index (κ1) is 35.5. The second-order valence-corrected chi connectivity index (χ2v) is 15.3. The van der Waals surface area contributed by atoms with Crippen LogP contribution in [0, 0.1) is 0 Å². The van der Waals surface area contributed by atoms with Crippen LogP contribution in [-0.2, 0) is 23.9 Å². The molecule has 0 fully saturated rings. The van der Waals surface area contributed by atoms with Crippen LogP contribution in [0.3, 0.4) is 0 Å². The number of amides is 3. The zero-order chi connectivity index (χ0) is 32.6. The molecule has 2 aromatic rings. The zero-order valence-corrected chi connectivity index (χ0v) is 28.6. The summed E-state index contributed by atoms with van der Waals surface area (Å²) in [5.74, 6) is -1.52. The minimum absolute atomic E-state index is 0.0274. The molecule has 3 atom stereocenters. The lowest BCUT2D eigenvalue weighted by molar-refractivity contribution is -0.155. The number of nitrogens with zero attached hydrogens (tertiary/aromatic N) is 4. The Balaban J connectivity index is 2.20. The van der Waals surface area contributed by atoms with E-state index in [-0.39, 0.29) is 11.2 Å². The van der Waals surface area contributed by atoms with Crippen LogP contribution in [0.15, 0.2) is 59.6 Å². The van der Waals surface area contributed by atoms with Crippen molar-refractivity contribution in [2.24, 2.45) is 10.7 Å². The Morgan fingerprint density at radius 3 is 2.32 bits per heavy atom. The van der Waals surface area contributed by atoms with E-state index in [0.717, 1.165) is 5.01 Å². The standard InChI is InChI=1S/C31H41N5O5S3/c1-20(37)35(25(17-18-42-7)30(40)41-6)36-24-16-12-11-15-22(24)26(21-13-9-8-10-14-21)33-27(29(36)39)34(5)28(38)23(32)19-43-44-31(2,3)4/h8-16,23,25,27H,17-19,32H2,1-7H3/t23?,25-,27?/m0/s1. The van der Waals surface area contributed by atoms with Crippen molar-refractivity contribution >= 4 is 68.4 Å². The van der Waals surface area contributed by atoms with E-state index in [9.17, 15) is 19.2 Å². The summed E-state index contributed by atoms with van der Waals surface area (Å²) >= 11 is 1.50. The molecular formula is C31H41N5O5S3. The van der Waals surface area contributed by atoms with Crippen molar-refractivity contribution in [2.45, 2.75) is 57.1 Å². The first-order valence-corrected chi connectivity index (χ1v) is 17.8. The molecule has 44 heavy (non-hydrogen) atoms. The summed E-state index contributed by atoms with van der Waals surface area (Å²) in [5, 5.41) is 2.32. The number of hydrazine groups is 1. The third-order valence-electron chi connectivity index (χ3n) is 6.61. The number of likely N-dealkylation sites (N-methyl/N-ethyl adjacent to an activating group) is 1. The number of thioether (sulfide) groups is 1. The molecule has 10 nitrogen and oxygen atoms in total. The largest absolute Gasteiger partial charge is 0.467 e. The van der Waals surface area contributed by atoms with Crippen molar-refractivity contribution in [3.63, 3.8) is 0 Å². The van der Waals surface area contributed by atoms with E-state index in [2.05, 4.69) is 20.8 Å². The second-order valence-electron chi connectivity index (χ2n) is 11.1. The molecule has 0 spiro atoms. The number of anilines is 1. The van der Waals surface area contributed by atoms with Crippen LogP contribution in [-0.4, -0.2) is 94.2 Å². The maximum atomic E-state index is 14.7. The van der Waals surface area contributed by atoms with Gasteiger partial charge in [-0.2, -0.15) is 11.8 Å². The number of aliphatic imine (C=N–C) groups is 1. The van der Waals surface area contributed by atoms with Crippen molar-refractivity contribution in [2.75, 3.05) is 36.9 Å². The molecule has 2 unspecified atom stereocenters. The number of benzene rings is 2. The molecule has 3 rings (SSSR count). The number of hydrogen-bond donors (Lipinski definition) is 1. The molecule has 0 radical (unpaired) electrons. The number of hydrogen-bond acceptors (Lipinski definition) is 10. The molecule has 2 N–H and O–H groups in total. The van der Waals surface area contributed by atoms with Crippen LogP contribution in [0.4, 0.5) is 5.69 Å². The molecule has 238 valence electrons. The van der Waals surface area contributed by atoms with Crippen LogP contribution in [0.5, 0.6) is 0 Å². The summed E-state index contributed by atoms with van der Waals surface area (Å²) in [6.45, 7) is 7.50. The molecule has 0 aromatic heterocycles. The van der Waals surface area contributed by atoms with E-state index in [1.807, 2.05) is 36.6 Å². The summed E-state index contributed by atoms with van der Waals surface area (Å²) in [7, 11) is 5.83. The van der Waals surface area contributed by atoms with Crippen molar-refractivity contribution in [3.8, 4) is 0 Å². The first-order chi connectivity index (χ1) is 20.8. The Bertz CT molecular complexity index is 1370. The van der Waals surface area contributed by atoms with Gasteiger partial charge in [-0.25, -0.2) is 19.8 Å². The fraction of sp³-hybridized carbons (Fsp3) is 0.452. The Hall–Kier alpha value is -3.00. The molecule has 0 aliphatic carbocycles. The number of esters is 1. The highest BCUT2D eigenvalue weighted by atomic mass is 33.1. The number of carbonyl (C=O) groups is 4. The summed E-state index contributed by atoms with van der Waals surface area (Å²) in [6.07, 6.45) is 0.729. The quantitative estimate of drug-likeness (QED) is 0.263. The lowest BCUT2D eigenvalue weighted by atomic mass is 10.0. The lowest BCUT2D eigenvalue weighted by Crippen LogP contribution is -2.61. The number of benzodiazepines with no additional fused rings is 1. The summed E-state index contributed by atoms with van der Waals surface area (Å²) in [6, 6.07) is 14.3. The predicted molar refractivity (Wildman–Crippen MR) is 182 cm³/mol. The Labute approximate surface area is 271 Å². The Kier molecular flexibility index (Phi) is 12.8. The van der Waals surface area contributed by atoms with Gasteiger partial charge in [-0.1, -0.05) is 90.9 Å². The normalized spacial score (nSPS) is 16.3. The van der Waals surface area contributed by atoms with Gasteiger partial charge in [0.25, 0.3) is 5.91 Å². The maximum Gasteiger partial charge on any atom is 0.330 e. The SMILES string of the molecule is COC(=O)[C@H](CCSC)N(C(C)=O)N1C(=O)C(N(C)C(=O)C(N)CSSC(C)(C)C)N=C(c2ccccc2)c2ccccc21. The average molecular weight is 660 g/mol. The number of nitrogens with two attached hydrogens (primary N) is 1. The molecule has 1 aliphatic heterocycles. The molecule has 1 heterocycles. The molecule has 0 saturated carbocycles. The fourth-order valence-corrected chi connectivity index (χ4v) is 7.45. The highest BCUT2D eigenvalue weighted by Crippen LogP contribution is 2.36. The molecule has 3 amide bonds. The van der Waals surface area contributed by atoms with E-state index in [1.54, 1.807) is 35.1 Å². The number of fused-ring (bicyclic) bond motifs is 1. The van der Waals surface area contributed by atoms with E-state index in [0.29, 0.717) is 34.0 Å². The second kappa shape index (κ2) is 15.8. The van der Waals surface area contributed by atoms with Gasteiger partial charge in [-0.3, -0.25) is 14.4 Å². The van der Waals surface area contributed by atoms with Gasteiger partial charge in [0.15, 0.2) is 6.04 Å². The molecule has 2 aromatic carbocycles. The van der Waals surface area contributed by atoms with Crippen LogP contribution in [0.2, 0.25) is 0 Å². The topological polar surface area (TPSA) is 126 Å². The number of carbonyl (C=O) groups excluding carboxylic acids is 4. The maximum absolute atomic E-state index is 14.7. The van der Waals surface area contributed by atoms with Crippen LogP contribution in [0.25, 0.3) is 0 Å². The first-order valence-electron chi connectivity index (χ1n) is 14.1. The highest BCUT2D eigenvalue weighted by molar-refractivity contribution is 8.77. The fourth-order valence-electron chi connectivity index (χ4n) is 4.58. The smallest absolute Gasteiger partial charge is 0.330 e. The summed E-state index contributed by atoms with van der Waals surface area (Å²) < 4.78 is 5.06. The van der Waals surface area contributed by atoms with Crippen molar-refractivity contribution in [1.29, 1.82) is 0 Å². The van der Waals surface area contributed by atoms with Gasteiger partial charge in [0, 0.05) is 35.6 Å². The van der Waals surface area contributed by atoms with Gasteiger partial charge in [0.05, 0.1) is 24.6 Å². The molecule has 1 aliphatic rings. The zero-order valence-electron chi connectivity index (χ0n) is 26.2. The van der Waals surface area contributed by atoms with Crippen molar-refractivity contribution < 1.29 is 23.9 Å². The third-order valence-corrected chi connectivity index (χ3v) is 10.6. The third kappa shape index (κ3) is 8.58. The van der Waals surface area contributed by atoms with E-state index in [4.69, 9.17) is 15.5 Å². The Morgan fingerprint density at radius 2 is 1.73 bits per heavy atom. The summed E-state index contributed by atoms with van der Waals surface area (Å²) in [4.78, 5) is 60.9. The van der Waals surface area contributed by atoms with Gasteiger partial charge < -0.3 is 15.4 Å². The van der Waals surface area contributed by atoms with E-state index >= 15 is 0 Å². The van der Waals surface area contributed by atoms with Gasteiger partial charge >= 0.3 is 5.97 Å². The van der Waals surface area contributed by atoms with Crippen molar-refractivity contribution in [3.05, 3.63) is 65.7 Å². The minimum Gasteiger partial charge on any atom is -0.467 e. The monoisotopic (exact) mass is 659 g/mol. The van der Waals surface area contributed by atoms with E-state index < -0.39 is 41.9 Å². The average Bonchev–Trinajstić information content (AvgIpc) is 3.11. The van der Waals surface area contributed by atoms with Gasteiger partial charge in [0.1, 0.15) is 0 Å². The van der Waals surface area contributed by atoms with Gasteiger partial charge in [-0.15, -0.1) is 0 Å². The number of methoxy groups -OCH3 is 1. The van der Waals surface area contributed by atoms with Crippen LogP contribution in [0.1, 0.15) is 45.2 Å². The van der Waals surface area contributed by atoms with Gasteiger partial charge in [0.2, 0.25) is 18.0 Å². The predicted octanol–water partition coefficient (Wildman–Crippen LogP) is 4.22. The molecule has 0 bridgehead atoms. The van der Waals surface area contributed by atoms with Gasteiger partial charge in [-0.05, 0) is 24.5 Å². The minimum atomic E-state index is -1.39. The van der Waals surface area contributed by atoms with Crippen LogP contribution < -0.4 is 10.7 Å². The molecule has 13 heteroatoms. The Morgan fingerprint density at radius 1 is 1.09 bits per heavy atom. The van der Waals surface area contributed by atoms with Crippen LogP contribution >= 0.6 is 33.3 Å². The lowest BCUT2D eigenvalue weighted by Gasteiger charge is -2.40. The molecule has 0 saturated heterocycles. The summed E-state index contributed by atoms with van der Waals surface area (Å²) in [5.41, 5.74) is 8.41. The number of rotatable bonds is 12. The highest BCUT2D eigenvalue weighted by Gasteiger charge is 2.44. The van der Waals surface area contributed by atoms with Crippen molar-refractivity contribution in [1.82, 2.24) is 9.91 Å². The number of ether oxygens (including phenoxy) is 1. The molecular weight excluding hydrogens is 619 g/mol. The van der Waals surface area contributed by atoms with E-state index in [1.165, 1.54) is 53.5 Å².